The maximum atomic E-state index is 11.1. The Morgan fingerprint density at radius 2 is 2.00 bits per heavy atom. The summed E-state index contributed by atoms with van der Waals surface area (Å²) in [5, 5.41) is 9.19. The standard InChI is InChI=1S/C13H16ClNO2Si/c1-8-7-10(13(16)17)11(14)9(12(8)15)5-6-18(2,3)4/h7H,15H2,1-4H3,(H,16,17). The van der Waals surface area contributed by atoms with Crippen molar-refractivity contribution in [2.24, 2.45) is 0 Å². The van der Waals surface area contributed by atoms with Gasteiger partial charge >= 0.3 is 5.97 Å². The maximum Gasteiger partial charge on any atom is 0.337 e. The summed E-state index contributed by atoms with van der Waals surface area (Å²) in [6, 6.07) is 1.47. The summed E-state index contributed by atoms with van der Waals surface area (Å²) in [7, 11) is -1.57. The van der Waals surface area contributed by atoms with Gasteiger partial charge in [0.2, 0.25) is 0 Å². The Morgan fingerprint density at radius 3 is 2.44 bits per heavy atom. The highest BCUT2D eigenvalue weighted by Gasteiger charge is 2.17. The number of anilines is 1. The van der Waals surface area contributed by atoms with Crippen molar-refractivity contribution >= 4 is 31.3 Å². The third-order valence-electron chi connectivity index (χ3n) is 2.30. The van der Waals surface area contributed by atoms with Crippen LogP contribution in [0.15, 0.2) is 6.07 Å². The van der Waals surface area contributed by atoms with Crippen molar-refractivity contribution in [1.82, 2.24) is 0 Å². The number of carboxylic acid groups (broad SMARTS) is 1. The van der Waals surface area contributed by atoms with Crippen LogP contribution in [-0.2, 0) is 0 Å². The molecule has 0 aliphatic rings. The molecule has 0 unspecified atom stereocenters. The minimum Gasteiger partial charge on any atom is -0.478 e. The zero-order valence-corrected chi connectivity index (χ0v) is 12.6. The van der Waals surface area contributed by atoms with Crippen LogP contribution in [0, 0.1) is 18.4 Å². The molecule has 3 nitrogen and oxygen atoms in total. The first kappa shape index (κ1) is 14.6. The molecule has 0 heterocycles. The highest BCUT2D eigenvalue weighted by Crippen LogP contribution is 2.29. The minimum atomic E-state index is -1.57. The summed E-state index contributed by atoms with van der Waals surface area (Å²) in [4.78, 5) is 11.1. The van der Waals surface area contributed by atoms with Crippen LogP contribution in [0.2, 0.25) is 24.7 Å². The highest BCUT2D eigenvalue weighted by atomic mass is 35.5. The summed E-state index contributed by atoms with van der Waals surface area (Å²) < 4.78 is 0. The Balaban J connectivity index is 3.51. The summed E-state index contributed by atoms with van der Waals surface area (Å²) in [6.45, 7) is 8.03. The predicted octanol–water partition coefficient (Wildman–Crippen LogP) is 3.16. The lowest BCUT2D eigenvalue weighted by atomic mass is 10.0. The molecule has 0 aromatic heterocycles. The first-order chi connectivity index (χ1) is 8.13. The molecule has 5 heteroatoms. The van der Waals surface area contributed by atoms with Crippen LogP contribution in [0.5, 0.6) is 0 Å². The lowest BCUT2D eigenvalue weighted by Crippen LogP contribution is -2.16. The third-order valence-corrected chi connectivity index (χ3v) is 3.57. The number of nitrogens with two attached hydrogens (primary N) is 1. The fourth-order valence-electron chi connectivity index (χ4n) is 1.34. The molecule has 1 rings (SSSR count). The van der Waals surface area contributed by atoms with Crippen LogP contribution in [0.3, 0.4) is 0 Å². The molecule has 3 N–H and O–H groups in total. The van der Waals surface area contributed by atoms with Gasteiger partial charge in [0.25, 0.3) is 0 Å². The Morgan fingerprint density at radius 1 is 1.44 bits per heavy atom. The zero-order chi connectivity index (χ0) is 14.1. The van der Waals surface area contributed by atoms with Crippen molar-refractivity contribution in [2.75, 3.05) is 5.73 Å². The van der Waals surface area contributed by atoms with E-state index >= 15 is 0 Å². The number of benzene rings is 1. The van der Waals surface area contributed by atoms with Gasteiger partial charge in [0, 0.05) is 0 Å². The van der Waals surface area contributed by atoms with Gasteiger partial charge in [-0.15, -0.1) is 5.54 Å². The predicted molar refractivity (Wildman–Crippen MR) is 77.8 cm³/mol. The van der Waals surface area contributed by atoms with E-state index in [9.17, 15) is 4.79 Å². The van der Waals surface area contributed by atoms with E-state index in [1.54, 1.807) is 6.92 Å². The molecule has 1 aromatic rings. The summed E-state index contributed by atoms with van der Waals surface area (Å²) >= 11 is 6.06. The van der Waals surface area contributed by atoms with Crippen molar-refractivity contribution < 1.29 is 9.90 Å². The van der Waals surface area contributed by atoms with E-state index in [0.29, 0.717) is 16.8 Å². The molecule has 0 saturated carbocycles. The monoisotopic (exact) mass is 281 g/mol. The summed E-state index contributed by atoms with van der Waals surface area (Å²) in [5.74, 6) is 1.88. The van der Waals surface area contributed by atoms with E-state index in [-0.39, 0.29) is 10.6 Å². The van der Waals surface area contributed by atoms with Crippen LogP contribution >= 0.6 is 11.6 Å². The molecule has 0 aliphatic carbocycles. The van der Waals surface area contributed by atoms with Crippen LogP contribution < -0.4 is 5.73 Å². The number of hydrogen-bond acceptors (Lipinski definition) is 2. The van der Waals surface area contributed by atoms with E-state index in [1.165, 1.54) is 6.07 Å². The largest absolute Gasteiger partial charge is 0.478 e. The number of aromatic carboxylic acids is 1. The fourth-order valence-corrected chi connectivity index (χ4v) is 2.12. The lowest BCUT2D eigenvalue weighted by molar-refractivity contribution is 0.0697. The first-order valence-corrected chi connectivity index (χ1v) is 9.36. The van der Waals surface area contributed by atoms with Gasteiger partial charge in [0.05, 0.1) is 21.8 Å². The topological polar surface area (TPSA) is 63.3 Å². The van der Waals surface area contributed by atoms with Gasteiger partial charge in [0.1, 0.15) is 8.07 Å². The molecular weight excluding hydrogens is 266 g/mol. The average molecular weight is 282 g/mol. The quantitative estimate of drug-likeness (QED) is 0.472. The van der Waals surface area contributed by atoms with Crippen LogP contribution in [0.4, 0.5) is 5.69 Å². The van der Waals surface area contributed by atoms with Gasteiger partial charge < -0.3 is 10.8 Å². The summed E-state index contributed by atoms with van der Waals surface area (Å²) in [5.41, 5.74) is 10.7. The van der Waals surface area contributed by atoms with E-state index < -0.39 is 14.0 Å². The Labute approximate surface area is 113 Å². The van der Waals surface area contributed by atoms with Crippen molar-refractivity contribution in [3.8, 4) is 11.5 Å². The maximum absolute atomic E-state index is 11.1. The minimum absolute atomic E-state index is 0.0447. The lowest BCUT2D eigenvalue weighted by Gasteiger charge is -2.10. The van der Waals surface area contributed by atoms with E-state index in [0.717, 1.165) is 0 Å². The van der Waals surface area contributed by atoms with Gasteiger partial charge in [-0.25, -0.2) is 4.79 Å². The van der Waals surface area contributed by atoms with Gasteiger partial charge in [-0.3, -0.25) is 0 Å². The zero-order valence-electron chi connectivity index (χ0n) is 10.9. The van der Waals surface area contributed by atoms with E-state index in [1.807, 2.05) is 0 Å². The van der Waals surface area contributed by atoms with Crippen LogP contribution in [-0.4, -0.2) is 19.1 Å². The number of hydrogen-bond donors (Lipinski definition) is 2. The second-order valence-electron chi connectivity index (χ2n) is 5.15. The van der Waals surface area contributed by atoms with E-state index in [2.05, 4.69) is 31.1 Å². The van der Waals surface area contributed by atoms with Gasteiger partial charge in [0.15, 0.2) is 0 Å². The van der Waals surface area contributed by atoms with Crippen molar-refractivity contribution in [3.05, 3.63) is 27.8 Å². The molecule has 0 atom stereocenters. The number of aryl methyl sites for hydroxylation is 1. The Hall–Kier alpha value is -1.44. The average Bonchev–Trinajstić information content (AvgIpc) is 2.21. The van der Waals surface area contributed by atoms with Gasteiger partial charge in [-0.1, -0.05) is 37.2 Å². The van der Waals surface area contributed by atoms with Crippen molar-refractivity contribution in [2.45, 2.75) is 26.6 Å². The van der Waals surface area contributed by atoms with Crippen molar-refractivity contribution in [1.29, 1.82) is 0 Å². The molecule has 0 spiro atoms. The van der Waals surface area contributed by atoms with Crippen LogP contribution in [0.25, 0.3) is 0 Å². The van der Waals surface area contributed by atoms with Crippen LogP contribution in [0.1, 0.15) is 21.5 Å². The van der Waals surface area contributed by atoms with Gasteiger partial charge in [-0.2, -0.15) is 0 Å². The Kier molecular flexibility index (Phi) is 4.10. The second-order valence-corrected chi connectivity index (χ2v) is 10.3. The molecule has 0 radical (unpaired) electrons. The molecule has 96 valence electrons. The van der Waals surface area contributed by atoms with Crippen molar-refractivity contribution in [3.63, 3.8) is 0 Å². The molecule has 0 amide bonds. The van der Waals surface area contributed by atoms with Gasteiger partial charge in [-0.05, 0) is 18.6 Å². The fraction of sp³-hybridized carbons (Fsp3) is 0.308. The normalized spacial score (nSPS) is 10.7. The number of nitrogen functional groups attached to an aromatic ring is 1. The molecule has 1 aromatic carbocycles. The van der Waals surface area contributed by atoms with E-state index in [4.69, 9.17) is 22.4 Å². The number of carbonyl (C=O) groups is 1. The molecule has 0 fully saturated rings. The number of halogens is 1. The molecule has 0 aliphatic heterocycles. The SMILES string of the molecule is Cc1cc(C(=O)O)c(Cl)c(C#C[Si](C)(C)C)c1N. The molecule has 0 saturated heterocycles. The third kappa shape index (κ3) is 3.28. The summed E-state index contributed by atoms with van der Waals surface area (Å²) in [6.07, 6.45) is 0. The number of carboxylic acids is 1. The smallest absolute Gasteiger partial charge is 0.337 e. The second kappa shape index (κ2) is 5.05. The molecule has 0 bridgehead atoms. The Bertz CT molecular complexity index is 565. The molecule has 18 heavy (non-hydrogen) atoms. The molecular formula is C13H16ClNO2Si. The first-order valence-electron chi connectivity index (χ1n) is 5.48. The highest BCUT2D eigenvalue weighted by molar-refractivity contribution is 6.83. The number of rotatable bonds is 1.